The van der Waals surface area contributed by atoms with Crippen LogP contribution in [0.5, 0.6) is 5.75 Å². The Morgan fingerprint density at radius 2 is 2.15 bits per heavy atom. The Morgan fingerprint density at radius 1 is 1.41 bits per heavy atom. The maximum atomic E-state index is 10.5. The van der Waals surface area contributed by atoms with Crippen molar-refractivity contribution in [3.8, 4) is 5.75 Å². The van der Waals surface area contributed by atoms with Crippen molar-refractivity contribution in [1.82, 2.24) is 10.2 Å². The van der Waals surface area contributed by atoms with Gasteiger partial charge in [-0.2, -0.15) is 0 Å². The van der Waals surface area contributed by atoms with Gasteiger partial charge in [-0.05, 0) is 49.8 Å². The molecule has 1 aromatic rings. The Morgan fingerprint density at radius 3 is 2.81 bits per heavy atom. The molecule has 0 bridgehead atoms. The monoisotopic (exact) mass is 491 g/mol. The van der Waals surface area contributed by atoms with E-state index in [1.54, 1.807) is 7.11 Å². The molecular formula is C20H34IN3O3. The van der Waals surface area contributed by atoms with E-state index in [1.165, 1.54) is 0 Å². The van der Waals surface area contributed by atoms with Crippen LogP contribution in [0.3, 0.4) is 0 Å². The topological polar surface area (TPSA) is 66.3 Å². The Labute approximate surface area is 180 Å². The molecule has 27 heavy (non-hydrogen) atoms. The van der Waals surface area contributed by atoms with Crippen molar-refractivity contribution in [2.24, 2.45) is 10.9 Å². The third-order valence-corrected chi connectivity index (χ3v) is 4.80. The number of hydrogen-bond acceptors (Lipinski definition) is 4. The second-order valence-electron chi connectivity index (χ2n) is 6.75. The fraction of sp³-hybridized carbons (Fsp3) is 0.650. The molecule has 1 aliphatic heterocycles. The predicted molar refractivity (Wildman–Crippen MR) is 120 cm³/mol. The maximum absolute atomic E-state index is 10.5. The highest BCUT2D eigenvalue weighted by molar-refractivity contribution is 14.0. The SMILES string of the molecule is CCNC(=NCC(O)c1cccc(OC)c1)N(C)CCC1CCOCC1.I. The summed E-state index contributed by atoms with van der Waals surface area (Å²) >= 11 is 0. The molecule has 154 valence electrons. The molecule has 1 heterocycles. The number of aliphatic imine (C=N–C) groups is 1. The molecule has 1 unspecified atom stereocenters. The number of nitrogens with one attached hydrogen (secondary N) is 1. The number of guanidine groups is 1. The number of nitrogens with zero attached hydrogens (tertiary/aromatic N) is 2. The summed E-state index contributed by atoms with van der Waals surface area (Å²) < 4.78 is 10.7. The van der Waals surface area contributed by atoms with Crippen molar-refractivity contribution in [3.05, 3.63) is 29.8 Å². The van der Waals surface area contributed by atoms with Crippen LogP contribution in [0.1, 0.15) is 37.9 Å². The Hall–Kier alpha value is -1.06. The standard InChI is InChI=1S/C20H33N3O3.HI/c1-4-21-20(23(2)11-8-16-9-12-26-13-10-16)22-15-19(24)17-6-5-7-18(14-17)25-3;/h5-7,14,16,19,24H,4,8-13,15H2,1-3H3,(H,21,22);1H. The molecule has 1 atom stereocenters. The van der Waals surface area contributed by atoms with Gasteiger partial charge in [-0.1, -0.05) is 12.1 Å². The third kappa shape index (κ3) is 8.23. The van der Waals surface area contributed by atoms with Crippen LogP contribution >= 0.6 is 24.0 Å². The highest BCUT2D eigenvalue weighted by Crippen LogP contribution is 2.20. The van der Waals surface area contributed by atoms with Crippen LogP contribution in [-0.4, -0.2) is 63.0 Å². The van der Waals surface area contributed by atoms with E-state index >= 15 is 0 Å². The minimum Gasteiger partial charge on any atom is -0.497 e. The van der Waals surface area contributed by atoms with Crippen LogP contribution in [0.25, 0.3) is 0 Å². The minimum atomic E-state index is -0.650. The highest BCUT2D eigenvalue weighted by Gasteiger charge is 2.16. The van der Waals surface area contributed by atoms with E-state index in [-0.39, 0.29) is 24.0 Å². The molecule has 1 aliphatic rings. The van der Waals surface area contributed by atoms with Gasteiger partial charge in [0.2, 0.25) is 0 Å². The van der Waals surface area contributed by atoms with Crippen molar-refractivity contribution in [2.45, 2.75) is 32.3 Å². The van der Waals surface area contributed by atoms with Crippen molar-refractivity contribution in [1.29, 1.82) is 0 Å². The summed E-state index contributed by atoms with van der Waals surface area (Å²) in [4.78, 5) is 6.77. The zero-order chi connectivity index (χ0) is 18.8. The lowest BCUT2D eigenvalue weighted by Gasteiger charge is -2.27. The van der Waals surface area contributed by atoms with Gasteiger partial charge in [-0.15, -0.1) is 24.0 Å². The van der Waals surface area contributed by atoms with E-state index in [1.807, 2.05) is 24.3 Å². The molecule has 7 heteroatoms. The average molecular weight is 491 g/mol. The van der Waals surface area contributed by atoms with Crippen LogP contribution < -0.4 is 10.1 Å². The number of ether oxygens (including phenoxy) is 2. The van der Waals surface area contributed by atoms with Gasteiger partial charge < -0.3 is 24.8 Å². The minimum absolute atomic E-state index is 0. The van der Waals surface area contributed by atoms with Crippen molar-refractivity contribution in [2.75, 3.05) is 47.0 Å². The molecule has 0 saturated carbocycles. The van der Waals surface area contributed by atoms with Crippen LogP contribution in [0.2, 0.25) is 0 Å². The lowest BCUT2D eigenvalue weighted by molar-refractivity contribution is 0.0625. The third-order valence-electron chi connectivity index (χ3n) is 4.80. The predicted octanol–water partition coefficient (Wildman–Crippen LogP) is 3.06. The summed E-state index contributed by atoms with van der Waals surface area (Å²) in [6, 6.07) is 7.49. The molecule has 0 amide bonds. The first-order chi connectivity index (χ1) is 12.6. The largest absolute Gasteiger partial charge is 0.497 e. The number of benzene rings is 1. The van der Waals surface area contributed by atoms with Crippen LogP contribution in [0.4, 0.5) is 0 Å². The number of aliphatic hydroxyl groups is 1. The normalized spacial score (nSPS) is 16.4. The number of hydrogen-bond donors (Lipinski definition) is 2. The molecule has 1 saturated heterocycles. The summed E-state index contributed by atoms with van der Waals surface area (Å²) in [6.07, 6.45) is 2.79. The summed E-state index contributed by atoms with van der Waals surface area (Å²) in [5, 5.41) is 13.8. The Balaban J connectivity index is 0.00000364. The van der Waals surface area contributed by atoms with E-state index in [4.69, 9.17) is 9.47 Å². The van der Waals surface area contributed by atoms with Crippen molar-refractivity contribution >= 4 is 29.9 Å². The van der Waals surface area contributed by atoms with Gasteiger partial charge in [0.05, 0.1) is 19.8 Å². The summed E-state index contributed by atoms with van der Waals surface area (Å²) in [7, 11) is 3.68. The molecule has 1 fully saturated rings. The molecular weight excluding hydrogens is 457 g/mol. The first-order valence-electron chi connectivity index (χ1n) is 9.53. The summed E-state index contributed by atoms with van der Waals surface area (Å²) in [5.41, 5.74) is 0.814. The van der Waals surface area contributed by atoms with Gasteiger partial charge in [0.1, 0.15) is 5.75 Å². The van der Waals surface area contributed by atoms with E-state index in [2.05, 4.69) is 29.2 Å². The first kappa shape index (κ1) is 24.0. The molecule has 0 spiro atoms. The quantitative estimate of drug-likeness (QED) is 0.333. The molecule has 6 nitrogen and oxygen atoms in total. The lowest BCUT2D eigenvalue weighted by atomic mass is 9.96. The molecule has 1 aromatic carbocycles. The summed E-state index contributed by atoms with van der Waals surface area (Å²) in [6.45, 7) is 5.89. The van der Waals surface area contributed by atoms with Crippen LogP contribution in [0, 0.1) is 5.92 Å². The molecule has 2 rings (SSSR count). The Kier molecular flexibility index (Phi) is 11.7. The second-order valence-corrected chi connectivity index (χ2v) is 6.75. The zero-order valence-electron chi connectivity index (χ0n) is 16.7. The smallest absolute Gasteiger partial charge is 0.193 e. The van der Waals surface area contributed by atoms with Crippen LogP contribution in [-0.2, 0) is 4.74 Å². The highest BCUT2D eigenvalue weighted by atomic mass is 127. The fourth-order valence-corrected chi connectivity index (χ4v) is 3.11. The van der Waals surface area contributed by atoms with Gasteiger partial charge >= 0.3 is 0 Å². The van der Waals surface area contributed by atoms with Crippen LogP contribution in [0.15, 0.2) is 29.3 Å². The fourth-order valence-electron chi connectivity index (χ4n) is 3.11. The molecule has 2 N–H and O–H groups in total. The number of halogens is 1. The van der Waals surface area contributed by atoms with E-state index in [0.29, 0.717) is 6.54 Å². The second kappa shape index (κ2) is 13.2. The molecule has 0 aliphatic carbocycles. The average Bonchev–Trinajstić information content (AvgIpc) is 2.69. The van der Waals surface area contributed by atoms with Crippen molar-refractivity contribution < 1.29 is 14.6 Å². The number of rotatable bonds is 8. The molecule has 0 aromatic heterocycles. The number of methoxy groups -OCH3 is 1. The summed E-state index contributed by atoms with van der Waals surface area (Å²) in [5.74, 6) is 2.31. The van der Waals surface area contributed by atoms with E-state index in [0.717, 1.165) is 68.8 Å². The lowest BCUT2D eigenvalue weighted by Crippen LogP contribution is -2.40. The van der Waals surface area contributed by atoms with E-state index in [9.17, 15) is 5.11 Å². The van der Waals surface area contributed by atoms with Gasteiger partial charge in [0.25, 0.3) is 0 Å². The zero-order valence-corrected chi connectivity index (χ0v) is 19.0. The van der Waals surface area contributed by atoms with Gasteiger partial charge in [0.15, 0.2) is 5.96 Å². The van der Waals surface area contributed by atoms with Gasteiger partial charge in [-0.3, -0.25) is 4.99 Å². The Bertz CT molecular complexity index is 565. The van der Waals surface area contributed by atoms with E-state index < -0.39 is 6.10 Å². The number of aliphatic hydroxyl groups excluding tert-OH is 1. The van der Waals surface area contributed by atoms with Gasteiger partial charge in [-0.25, -0.2) is 0 Å². The maximum Gasteiger partial charge on any atom is 0.193 e. The van der Waals surface area contributed by atoms with Crippen molar-refractivity contribution in [3.63, 3.8) is 0 Å². The molecule has 0 radical (unpaired) electrons. The van der Waals surface area contributed by atoms with Gasteiger partial charge in [0, 0.05) is 33.4 Å². The first-order valence-corrected chi connectivity index (χ1v) is 9.53.